The van der Waals surface area contributed by atoms with Gasteiger partial charge in [0.25, 0.3) is 0 Å². The molecule has 0 heterocycles. The van der Waals surface area contributed by atoms with Crippen molar-refractivity contribution in [3.05, 3.63) is 53.6 Å². The summed E-state index contributed by atoms with van der Waals surface area (Å²) in [4.78, 5) is 0. The minimum Gasteiger partial charge on any atom is -0.493 e. The van der Waals surface area contributed by atoms with Gasteiger partial charge >= 0.3 is 0 Å². The molecule has 1 unspecified atom stereocenters. The molecule has 3 heteroatoms. The largest absolute Gasteiger partial charge is 0.493 e. The van der Waals surface area contributed by atoms with Crippen molar-refractivity contribution < 1.29 is 9.47 Å². The Kier molecular flexibility index (Phi) is 4.64. The second-order valence-electron chi connectivity index (χ2n) is 5.02. The molecule has 1 atom stereocenters. The third-order valence-electron chi connectivity index (χ3n) is 3.15. The van der Waals surface area contributed by atoms with Crippen LogP contribution in [-0.4, -0.2) is 13.2 Å². The monoisotopic (exact) mass is 271 g/mol. The van der Waals surface area contributed by atoms with Gasteiger partial charge in [-0.2, -0.15) is 0 Å². The zero-order valence-corrected chi connectivity index (χ0v) is 12.2. The zero-order valence-electron chi connectivity index (χ0n) is 12.2. The number of nitrogens with two attached hydrogens (primary N) is 1. The minimum atomic E-state index is 0.162. The Labute approximate surface area is 120 Å². The Morgan fingerprint density at radius 2 is 1.80 bits per heavy atom. The summed E-state index contributed by atoms with van der Waals surface area (Å²) >= 11 is 0. The van der Waals surface area contributed by atoms with Crippen molar-refractivity contribution in [3.63, 3.8) is 0 Å². The highest BCUT2D eigenvalue weighted by Crippen LogP contribution is 2.31. The number of aryl methyl sites for hydroxylation is 1. The van der Waals surface area contributed by atoms with Gasteiger partial charge in [0.15, 0.2) is 11.5 Å². The second-order valence-corrected chi connectivity index (χ2v) is 5.02. The van der Waals surface area contributed by atoms with Gasteiger partial charge < -0.3 is 15.2 Å². The van der Waals surface area contributed by atoms with E-state index in [2.05, 4.69) is 13.0 Å². The SMILES string of the molecule is COc1ccccc1Oc1ccc(CC(C)N)c(C)c1. The lowest BCUT2D eigenvalue weighted by Gasteiger charge is -2.13. The molecule has 0 aliphatic heterocycles. The molecule has 3 nitrogen and oxygen atoms in total. The number of para-hydroxylation sites is 2. The van der Waals surface area contributed by atoms with Gasteiger partial charge in [-0.05, 0) is 55.7 Å². The van der Waals surface area contributed by atoms with E-state index in [4.69, 9.17) is 15.2 Å². The van der Waals surface area contributed by atoms with E-state index < -0.39 is 0 Å². The van der Waals surface area contributed by atoms with Gasteiger partial charge in [0.05, 0.1) is 7.11 Å². The number of benzene rings is 2. The highest BCUT2D eigenvalue weighted by molar-refractivity contribution is 5.44. The second kappa shape index (κ2) is 6.44. The predicted octanol–water partition coefficient (Wildman–Crippen LogP) is 3.69. The number of methoxy groups -OCH3 is 1. The quantitative estimate of drug-likeness (QED) is 0.902. The van der Waals surface area contributed by atoms with Crippen molar-refractivity contribution in [3.8, 4) is 17.2 Å². The lowest BCUT2D eigenvalue weighted by molar-refractivity contribution is 0.379. The lowest BCUT2D eigenvalue weighted by Crippen LogP contribution is -2.18. The topological polar surface area (TPSA) is 44.5 Å². The summed E-state index contributed by atoms with van der Waals surface area (Å²) in [5.74, 6) is 2.25. The maximum Gasteiger partial charge on any atom is 0.169 e. The van der Waals surface area contributed by atoms with Crippen LogP contribution in [0.1, 0.15) is 18.1 Å². The van der Waals surface area contributed by atoms with E-state index in [1.165, 1.54) is 11.1 Å². The molecule has 0 amide bonds. The van der Waals surface area contributed by atoms with Crippen molar-refractivity contribution in [2.45, 2.75) is 26.3 Å². The average Bonchev–Trinajstić information content (AvgIpc) is 2.42. The Hall–Kier alpha value is -2.00. The molecule has 0 aromatic heterocycles. The van der Waals surface area contributed by atoms with E-state index in [0.29, 0.717) is 5.75 Å². The number of rotatable bonds is 5. The molecular weight excluding hydrogens is 250 g/mol. The Bertz CT molecular complexity index is 579. The molecule has 0 bridgehead atoms. The Balaban J connectivity index is 2.20. The predicted molar refractivity (Wildman–Crippen MR) is 81.6 cm³/mol. The summed E-state index contributed by atoms with van der Waals surface area (Å²) in [6, 6.07) is 13.9. The van der Waals surface area contributed by atoms with Crippen LogP contribution in [0.4, 0.5) is 0 Å². The number of hydrogen-bond donors (Lipinski definition) is 1. The Morgan fingerprint density at radius 3 is 2.40 bits per heavy atom. The van der Waals surface area contributed by atoms with Crippen LogP contribution in [0.15, 0.2) is 42.5 Å². The van der Waals surface area contributed by atoms with Gasteiger partial charge in [-0.25, -0.2) is 0 Å². The van der Waals surface area contributed by atoms with E-state index in [1.807, 2.05) is 43.3 Å². The van der Waals surface area contributed by atoms with E-state index in [-0.39, 0.29) is 6.04 Å². The van der Waals surface area contributed by atoms with E-state index >= 15 is 0 Å². The first-order valence-corrected chi connectivity index (χ1v) is 6.76. The summed E-state index contributed by atoms with van der Waals surface area (Å²) in [7, 11) is 1.64. The summed E-state index contributed by atoms with van der Waals surface area (Å²) in [5, 5.41) is 0. The van der Waals surface area contributed by atoms with Crippen molar-refractivity contribution in [2.75, 3.05) is 7.11 Å². The molecule has 2 N–H and O–H groups in total. The molecule has 0 aliphatic rings. The maximum atomic E-state index is 5.88. The van der Waals surface area contributed by atoms with Gasteiger partial charge in [0.2, 0.25) is 0 Å². The fourth-order valence-electron chi connectivity index (χ4n) is 2.14. The molecular formula is C17H21NO2. The van der Waals surface area contributed by atoms with Crippen LogP contribution < -0.4 is 15.2 Å². The van der Waals surface area contributed by atoms with Crippen LogP contribution in [0.25, 0.3) is 0 Å². The first-order chi connectivity index (χ1) is 9.60. The minimum absolute atomic E-state index is 0.162. The molecule has 0 saturated carbocycles. The van der Waals surface area contributed by atoms with E-state index in [9.17, 15) is 0 Å². The normalized spacial score (nSPS) is 12.0. The molecule has 2 rings (SSSR count). The van der Waals surface area contributed by atoms with Gasteiger partial charge in [-0.3, -0.25) is 0 Å². The van der Waals surface area contributed by atoms with Crippen molar-refractivity contribution in [1.29, 1.82) is 0 Å². The third kappa shape index (κ3) is 3.52. The standard InChI is InChI=1S/C17H21NO2/c1-12-10-15(9-8-14(12)11-13(2)18)20-17-7-5-4-6-16(17)19-3/h4-10,13H,11,18H2,1-3H3. The summed E-state index contributed by atoms with van der Waals surface area (Å²) in [6.45, 7) is 4.09. The molecule has 106 valence electrons. The van der Waals surface area contributed by atoms with Crippen LogP contribution in [0.2, 0.25) is 0 Å². The summed E-state index contributed by atoms with van der Waals surface area (Å²) in [5.41, 5.74) is 8.29. The molecule has 0 saturated heterocycles. The highest BCUT2D eigenvalue weighted by Gasteiger charge is 2.07. The van der Waals surface area contributed by atoms with Crippen LogP contribution in [0.3, 0.4) is 0 Å². The van der Waals surface area contributed by atoms with Crippen LogP contribution >= 0.6 is 0 Å². The van der Waals surface area contributed by atoms with E-state index in [0.717, 1.165) is 17.9 Å². The average molecular weight is 271 g/mol. The van der Waals surface area contributed by atoms with Crippen LogP contribution in [0.5, 0.6) is 17.2 Å². The zero-order chi connectivity index (χ0) is 14.5. The number of ether oxygens (including phenoxy) is 2. The first kappa shape index (κ1) is 14.4. The Morgan fingerprint density at radius 1 is 1.10 bits per heavy atom. The van der Waals surface area contributed by atoms with E-state index in [1.54, 1.807) is 7.11 Å². The van der Waals surface area contributed by atoms with Gasteiger partial charge in [-0.1, -0.05) is 18.2 Å². The fraction of sp³-hybridized carbons (Fsp3) is 0.294. The molecule has 2 aromatic rings. The van der Waals surface area contributed by atoms with Crippen LogP contribution in [-0.2, 0) is 6.42 Å². The van der Waals surface area contributed by atoms with Gasteiger partial charge in [0, 0.05) is 6.04 Å². The molecule has 0 aliphatic carbocycles. The third-order valence-corrected chi connectivity index (χ3v) is 3.15. The van der Waals surface area contributed by atoms with Crippen molar-refractivity contribution in [1.82, 2.24) is 0 Å². The summed E-state index contributed by atoms with van der Waals surface area (Å²) < 4.78 is 11.2. The summed E-state index contributed by atoms with van der Waals surface area (Å²) in [6.07, 6.45) is 0.876. The van der Waals surface area contributed by atoms with Gasteiger partial charge in [0.1, 0.15) is 5.75 Å². The molecule has 2 aromatic carbocycles. The molecule has 0 radical (unpaired) electrons. The van der Waals surface area contributed by atoms with Crippen molar-refractivity contribution in [2.24, 2.45) is 5.73 Å². The lowest BCUT2D eigenvalue weighted by atomic mass is 10.0. The highest BCUT2D eigenvalue weighted by atomic mass is 16.5. The number of hydrogen-bond acceptors (Lipinski definition) is 3. The first-order valence-electron chi connectivity index (χ1n) is 6.76. The molecule has 0 spiro atoms. The van der Waals surface area contributed by atoms with Crippen molar-refractivity contribution >= 4 is 0 Å². The maximum absolute atomic E-state index is 5.88. The molecule has 20 heavy (non-hydrogen) atoms. The van der Waals surface area contributed by atoms with Crippen LogP contribution in [0, 0.1) is 6.92 Å². The smallest absolute Gasteiger partial charge is 0.169 e. The fourth-order valence-corrected chi connectivity index (χ4v) is 2.14. The molecule has 0 fully saturated rings. The van der Waals surface area contributed by atoms with Gasteiger partial charge in [-0.15, -0.1) is 0 Å².